The van der Waals surface area contributed by atoms with Crippen LogP contribution in [0.4, 0.5) is 22.0 Å². The molecule has 12 heteroatoms. The van der Waals surface area contributed by atoms with E-state index < -0.39 is 42.4 Å². The van der Waals surface area contributed by atoms with Crippen molar-refractivity contribution < 1.29 is 41.8 Å². The number of rotatable bonds is 5. The molecule has 1 saturated carbocycles. The van der Waals surface area contributed by atoms with Crippen molar-refractivity contribution >= 4 is 11.9 Å². The molecule has 1 aromatic carbocycles. The summed E-state index contributed by atoms with van der Waals surface area (Å²) in [5, 5.41) is 19.1. The van der Waals surface area contributed by atoms with Crippen molar-refractivity contribution in [2.24, 2.45) is 5.92 Å². The third-order valence-corrected chi connectivity index (χ3v) is 4.95. The molecule has 0 spiro atoms. The van der Waals surface area contributed by atoms with Gasteiger partial charge in [-0.2, -0.15) is 13.2 Å². The lowest BCUT2D eigenvalue weighted by molar-refractivity contribution is -0.192. The molecule has 0 bridgehead atoms. The van der Waals surface area contributed by atoms with Crippen LogP contribution in [0.5, 0.6) is 0 Å². The zero-order valence-electron chi connectivity index (χ0n) is 16.7. The summed E-state index contributed by atoms with van der Waals surface area (Å²) < 4.78 is 60.3. The fourth-order valence-corrected chi connectivity index (χ4v) is 3.19. The minimum absolute atomic E-state index is 0.0166. The summed E-state index contributed by atoms with van der Waals surface area (Å²) in [6, 6.07) is 8.53. The van der Waals surface area contributed by atoms with Gasteiger partial charge in [-0.1, -0.05) is 30.3 Å². The highest BCUT2D eigenvalue weighted by atomic mass is 19.4. The van der Waals surface area contributed by atoms with Gasteiger partial charge in [0.15, 0.2) is 0 Å². The summed E-state index contributed by atoms with van der Waals surface area (Å²) in [4.78, 5) is 27.4. The molecular formula is C20H22F5N3O4. The van der Waals surface area contributed by atoms with Crippen LogP contribution in [-0.2, 0) is 16.1 Å². The molecule has 2 atom stereocenters. The van der Waals surface area contributed by atoms with Gasteiger partial charge in [0.2, 0.25) is 0 Å². The Morgan fingerprint density at radius 1 is 1.12 bits per heavy atom. The van der Waals surface area contributed by atoms with E-state index in [1.807, 2.05) is 30.3 Å². The van der Waals surface area contributed by atoms with Crippen molar-refractivity contribution in [3.63, 3.8) is 0 Å². The monoisotopic (exact) mass is 463 g/mol. The second-order valence-corrected chi connectivity index (χ2v) is 7.27. The molecule has 7 nitrogen and oxygen atoms in total. The number of hydrogen-bond acceptors (Lipinski definition) is 4. The number of hydrogen-bond donors (Lipinski definition) is 4. The van der Waals surface area contributed by atoms with Gasteiger partial charge >= 0.3 is 18.1 Å². The Morgan fingerprint density at radius 2 is 1.75 bits per heavy atom. The molecule has 4 N–H and O–H groups in total. The van der Waals surface area contributed by atoms with Crippen LogP contribution < -0.4 is 5.32 Å². The first-order chi connectivity index (χ1) is 14.9. The van der Waals surface area contributed by atoms with Crippen LogP contribution in [0.1, 0.15) is 31.4 Å². The number of halogens is 5. The molecule has 0 amide bonds. The quantitative estimate of drug-likeness (QED) is 0.392. The number of carboxylic acids is 2. The van der Waals surface area contributed by atoms with Crippen molar-refractivity contribution in [3.8, 4) is 11.4 Å². The lowest BCUT2D eigenvalue weighted by atomic mass is 10.0. The van der Waals surface area contributed by atoms with Gasteiger partial charge in [0.1, 0.15) is 5.82 Å². The maximum atomic E-state index is 14.3. The Kier molecular flexibility index (Phi) is 8.31. The lowest BCUT2D eigenvalue weighted by Crippen LogP contribution is -2.43. The topological polar surface area (TPSA) is 115 Å². The molecule has 176 valence electrons. The van der Waals surface area contributed by atoms with Crippen LogP contribution in [0, 0.1) is 5.92 Å². The summed E-state index contributed by atoms with van der Waals surface area (Å²) in [5.74, 6) is -6.65. The Balaban J connectivity index is 0.000000451. The fourth-order valence-electron chi connectivity index (χ4n) is 3.19. The number of nitrogens with zero attached hydrogens (tertiary/aromatic N) is 1. The van der Waals surface area contributed by atoms with Crippen molar-refractivity contribution in [1.82, 2.24) is 15.3 Å². The molecular weight excluding hydrogens is 441 g/mol. The Hall–Kier alpha value is -3.02. The smallest absolute Gasteiger partial charge is 0.481 e. The number of carbonyl (C=O) groups is 2. The second-order valence-electron chi connectivity index (χ2n) is 7.27. The van der Waals surface area contributed by atoms with E-state index in [2.05, 4.69) is 15.3 Å². The highest BCUT2D eigenvalue weighted by molar-refractivity contribution is 5.73. The highest BCUT2D eigenvalue weighted by Crippen LogP contribution is 2.35. The zero-order chi connectivity index (χ0) is 23.9. The van der Waals surface area contributed by atoms with Crippen LogP contribution in [-0.4, -0.2) is 50.3 Å². The van der Waals surface area contributed by atoms with E-state index in [4.69, 9.17) is 15.0 Å². The third-order valence-electron chi connectivity index (χ3n) is 4.95. The number of aromatic nitrogens is 2. The van der Waals surface area contributed by atoms with E-state index in [0.717, 1.165) is 5.56 Å². The molecule has 1 fully saturated rings. The molecule has 2 aromatic rings. The number of aliphatic carboxylic acids is 2. The Labute approximate surface area is 179 Å². The first-order valence-electron chi connectivity index (χ1n) is 9.63. The average molecular weight is 463 g/mol. The number of imidazole rings is 1. The summed E-state index contributed by atoms with van der Waals surface area (Å²) in [6.07, 6.45) is -3.43. The molecule has 0 aliphatic heterocycles. The van der Waals surface area contributed by atoms with Crippen LogP contribution in [0.25, 0.3) is 11.4 Å². The first-order valence-corrected chi connectivity index (χ1v) is 9.63. The minimum atomic E-state index is -5.08. The summed E-state index contributed by atoms with van der Waals surface area (Å²) in [7, 11) is 0. The van der Waals surface area contributed by atoms with Crippen LogP contribution in [0.3, 0.4) is 0 Å². The average Bonchev–Trinajstić information content (AvgIpc) is 3.12. The van der Waals surface area contributed by atoms with Gasteiger partial charge in [0.25, 0.3) is 5.92 Å². The van der Waals surface area contributed by atoms with Crippen molar-refractivity contribution in [3.05, 3.63) is 42.2 Å². The number of H-pyrrole nitrogens is 1. The van der Waals surface area contributed by atoms with E-state index in [0.29, 0.717) is 11.5 Å². The van der Waals surface area contributed by atoms with Gasteiger partial charge in [-0.05, 0) is 19.3 Å². The highest BCUT2D eigenvalue weighted by Gasteiger charge is 2.43. The van der Waals surface area contributed by atoms with E-state index in [9.17, 15) is 26.7 Å². The second kappa shape index (κ2) is 10.5. The van der Waals surface area contributed by atoms with Gasteiger partial charge < -0.3 is 20.5 Å². The zero-order valence-corrected chi connectivity index (χ0v) is 16.7. The molecule has 0 saturated heterocycles. The summed E-state index contributed by atoms with van der Waals surface area (Å²) in [6.45, 7) is 0.234. The molecule has 3 rings (SSSR count). The van der Waals surface area contributed by atoms with Gasteiger partial charge in [-0.25, -0.2) is 18.6 Å². The third kappa shape index (κ3) is 7.29. The van der Waals surface area contributed by atoms with Crippen molar-refractivity contribution in [2.75, 3.05) is 0 Å². The fraction of sp³-hybridized carbons (Fsp3) is 0.450. The molecule has 0 unspecified atom stereocenters. The summed E-state index contributed by atoms with van der Waals surface area (Å²) >= 11 is 0. The standard InChI is InChI=1S/C18H21F2N3O2.C2HF3O2/c19-18(20)9-8-13(17(24)25)6-7-15(18)21-10-14-11-22-16(23-14)12-4-2-1-3-5-12;3-2(4,5)1(6)7/h1-5,11,13,15,21H,6-10H2,(H,22,23)(H,24,25);(H,6,7)/t13-,15-;/m1./s1. The maximum absolute atomic E-state index is 14.3. The molecule has 1 aliphatic rings. The van der Waals surface area contributed by atoms with E-state index in [1.54, 1.807) is 6.20 Å². The predicted molar refractivity (Wildman–Crippen MR) is 103 cm³/mol. The predicted octanol–water partition coefficient (Wildman–Crippen LogP) is 4.08. The maximum Gasteiger partial charge on any atom is 0.490 e. The minimum Gasteiger partial charge on any atom is -0.481 e. The largest absolute Gasteiger partial charge is 0.490 e. The SMILES string of the molecule is O=C(O)C(F)(F)F.O=C(O)[C@@H]1CC[C@@H](NCc2cnc(-c3ccccc3)[nH]2)C(F)(F)CC1. The van der Waals surface area contributed by atoms with Crippen LogP contribution in [0.2, 0.25) is 0 Å². The number of carboxylic acid groups (broad SMARTS) is 2. The molecule has 1 aromatic heterocycles. The number of nitrogens with one attached hydrogen (secondary N) is 2. The van der Waals surface area contributed by atoms with E-state index >= 15 is 0 Å². The van der Waals surface area contributed by atoms with E-state index in [1.165, 1.54) is 0 Å². The Bertz CT molecular complexity index is 902. The molecule has 1 heterocycles. The molecule has 32 heavy (non-hydrogen) atoms. The van der Waals surface area contributed by atoms with Gasteiger partial charge in [-0.3, -0.25) is 4.79 Å². The molecule has 0 radical (unpaired) electrons. The number of aromatic amines is 1. The number of alkyl halides is 5. The first kappa shape index (κ1) is 25.2. The summed E-state index contributed by atoms with van der Waals surface area (Å²) in [5.41, 5.74) is 1.64. The van der Waals surface area contributed by atoms with Crippen LogP contribution >= 0.6 is 0 Å². The van der Waals surface area contributed by atoms with Crippen molar-refractivity contribution in [2.45, 2.75) is 50.4 Å². The lowest BCUT2D eigenvalue weighted by Gasteiger charge is -2.25. The normalized spacial score (nSPS) is 20.5. The Morgan fingerprint density at radius 3 is 2.31 bits per heavy atom. The van der Waals surface area contributed by atoms with E-state index in [-0.39, 0.29) is 25.8 Å². The number of benzene rings is 1. The van der Waals surface area contributed by atoms with Gasteiger partial charge in [-0.15, -0.1) is 0 Å². The van der Waals surface area contributed by atoms with Crippen LogP contribution in [0.15, 0.2) is 36.5 Å². The molecule has 1 aliphatic carbocycles. The van der Waals surface area contributed by atoms with Crippen molar-refractivity contribution in [1.29, 1.82) is 0 Å². The van der Waals surface area contributed by atoms with Gasteiger partial charge in [0, 0.05) is 30.4 Å². The van der Waals surface area contributed by atoms with Gasteiger partial charge in [0.05, 0.1) is 12.0 Å².